The van der Waals surface area contributed by atoms with E-state index < -0.39 is 11.5 Å². The number of rotatable bonds is 2. The summed E-state index contributed by atoms with van der Waals surface area (Å²) in [6, 6.07) is 4.35. The Morgan fingerprint density at radius 2 is 2.15 bits per heavy atom. The largest absolute Gasteiger partial charge is 0.410 e. The topological polar surface area (TPSA) is 86.3 Å². The Balaban J connectivity index is 3.01. The third-order valence-corrected chi connectivity index (χ3v) is 1.36. The molecule has 0 spiro atoms. The molecule has 1 heterocycles. The van der Waals surface area contributed by atoms with Crippen LogP contribution in [0.25, 0.3) is 0 Å². The van der Waals surface area contributed by atoms with E-state index in [0.717, 1.165) is 0 Å². The van der Waals surface area contributed by atoms with E-state index in [1.54, 1.807) is 0 Å². The number of nitriles is 1. The first kappa shape index (κ1) is 8.87. The number of pyridine rings is 1. The Hall–Kier alpha value is -2.22. The molecule has 1 aromatic rings. The van der Waals surface area contributed by atoms with Crippen molar-refractivity contribution in [3.8, 4) is 6.07 Å². The molecule has 0 saturated carbocycles. The standard InChI is InChI=1S/C8H5N3O2/c9-5-7(11-13)8(12)6-1-3-10-4-2-6/h1-4,13H/b11-7-. The zero-order chi connectivity index (χ0) is 9.68. The van der Waals surface area contributed by atoms with Crippen LogP contribution < -0.4 is 0 Å². The number of ketones is 1. The monoisotopic (exact) mass is 175 g/mol. The summed E-state index contributed by atoms with van der Waals surface area (Å²) < 4.78 is 0. The third kappa shape index (κ3) is 1.87. The van der Waals surface area contributed by atoms with Gasteiger partial charge in [-0.1, -0.05) is 5.16 Å². The highest BCUT2D eigenvalue weighted by Crippen LogP contribution is 1.99. The summed E-state index contributed by atoms with van der Waals surface area (Å²) in [7, 11) is 0. The van der Waals surface area contributed by atoms with Gasteiger partial charge in [0.15, 0.2) is 0 Å². The van der Waals surface area contributed by atoms with Gasteiger partial charge in [-0.15, -0.1) is 0 Å². The SMILES string of the molecule is N#C/C(=N/O)C(=O)c1ccncc1. The van der Waals surface area contributed by atoms with E-state index >= 15 is 0 Å². The molecule has 0 saturated heterocycles. The minimum absolute atomic E-state index is 0.268. The molecule has 0 unspecified atom stereocenters. The molecule has 0 amide bonds. The summed E-state index contributed by atoms with van der Waals surface area (Å²) in [5.41, 5.74) is -0.268. The van der Waals surface area contributed by atoms with Crippen molar-refractivity contribution < 1.29 is 10.0 Å². The van der Waals surface area contributed by atoms with Crippen molar-refractivity contribution >= 4 is 11.5 Å². The van der Waals surface area contributed by atoms with Gasteiger partial charge in [-0.25, -0.2) is 0 Å². The molecule has 0 aliphatic rings. The van der Waals surface area contributed by atoms with E-state index in [4.69, 9.17) is 10.5 Å². The number of hydrogen-bond donors (Lipinski definition) is 1. The fourth-order valence-electron chi connectivity index (χ4n) is 0.759. The molecule has 0 aliphatic heterocycles. The molecule has 5 nitrogen and oxygen atoms in total. The highest BCUT2D eigenvalue weighted by atomic mass is 16.4. The zero-order valence-electron chi connectivity index (χ0n) is 6.51. The first-order chi connectivity index (χ1) is 6.29. The van der Waals surface area contributed by atoms with Gasteiger partial charge in [0, 0.05) is 18.0 Å². The van der Waals surface area contributed by atoms with Gasteiger partial charge in [0.1, 0.15) is 6.07 Å². The number of Topliss-reactive ketones (excluding diaryl/α,β-unsaturated/α-hetero) is 1. The summed E-state index contributed by atoms with van der Waals surface area (Å²) in [4.78, 5) is 15.0. The van der Waals surface area contributed by atoms with Crippen LogP contribution in [-0.2, 0) is 0 Å². The Morgan fingerprint density at radius 3 is 2.62 bits per heavy atom. The summed E-state index contributed by atoms with van der Waals surface area (Å²) >= 11 is 0. The summed E-state index contributed by atoms with van der Waals surface area (Å²) in [6.45, 7) is 0. The third-order valence-electron chi connectivity index (χ3n) is 1.36. The predicted molar refractivity (Wildman–Crippen MR) is 43.4 cm³/mol. The Bertz CT molecular complexity index is 378. The van der Waals surface area contributed by atoms with Gasteiger partial charge in [-0.2, -0.15) is 5.26 Å². The van der Waals surface area contributed by atoms with Crippen LogP contribution in [-0.4, -0.2) is 21.7 Å². The average molecular weight is 175 g/mol. The van der Waals surface area contributed by atoms with Crippen molar-refractivity contribution in [2.24, 2.45) is 5.16 Å². The van der Waals surface area contributed by atoms with E-state index in [-0.39, 0.29) is 5.56 Å². The van der Waals surface area contributed by atoms with E-state index in [1.165, 1.54) is 30.6 Å². The van der Waals surface area contributed by atoms with Gasteiger partial charge < -0.3 is 5.21 Å². The smallest absolute Gasteiger partial charge is 0.227 e. The molecule has 1 N–H and O–H groups in total. The molecular weight excluding hydrogens is 170 g/mol. The number of oxime groups is 1. The summed E-state index contributed by atoms with van der Waals surface area (Å²) in [5, 5.41) is 19.2. The molecule has 1 aromatic heterocycles. The van der Waals surface area contributed by atoms with E-state index in [9.17, 15) is 4.79 Å². The fourth-order valence-corrected chi connectivity index (χ4v) is 0.759. The lowest BCUT2D eigenvalue weighted by Gasteiger charge is -1.94. The quantitative estimate of drug-likeness (QED) is 0.309. The first-order valence-corrected chi connectivity index (χ1v) is 3.36. The molecule has 1 rings (SSSR count). The number of aromatic nitrogens is 1. The molecule has 0 fully saturated rings. The molecule has 0 atom stereocenters. The van der Waals surface area contributed by atoms with E-state index in [2.05, 4.69) is 10.1 Å². The van der Waals surface area contributed by atoms with Crippen molar-refractivity contribution in [1.29, 1.82) is 5.26 Å². The van der Waals surface area contributed by atoms with Gasteiger partial charge in [-0.3, -0.25) is 9.78 Å². The second kappa shape index (κ2) is 3.97. The molecule has 5 heteroatoms. The van der Waals surface area contributed by atoms with Crippen LogP contribution in [0.15, 0.2) is 29.7 Å². The van der Waals surface area contributed by atoms with Crippen molar-refractivity contribution in [3.05, 3.63) is 30.1 Å². The van der Waals surface area contributed by atoms with Gasteiger partial charge >= 0.3 is 0 Å². The van der Waals surface area contributed by atoms with Crippen LogP contribution >= 0.6 is 0 Å². The van der Waals surface area contributed by atoms with E-state index in [0.29, 0.717) is 0 Å². The Labute approximate surface area is 73.9 Å². The lowest BCUT2D eigenvalue weighted by atomic mass is 10.1. The minimum Gasteiger partial charge on any atom is -0.410 e. The van der Waals surface area contributed by atoms with Crippen molar-refractivity contribution in [3.63, 3.8) is 0 Å². The lowest BCUT2D eigenvalue weighted by Crippen LogP contribution is -2.12. The van der Waals surface area contributed by atoms with Gasteiger partial charge in [-0.05, 0) is 12.1 Å². The molecule has 64 valence electrons. The van der Waals surface area contributed by atoms with Crippen molar-refractivity contribution in [2.45, 2.75) is 0 Å². The normalized spacial score (nSPS) is 10.5. The van der Waals surface area contributed by atoms with Gasteiger partial charge in [0.2, 0.25) is 11.5 Å². The number of hydrogen-bond acceptors (Lipinski definition) is 5. The molecule has 13 heavy (non-hydrogen) atoms. The molecule has 0 aliphatic carbocycles. The molecule has 0 aromatic carbocycles. The van der Waals surface area contributed by atoms with E-state index in [1.807, 2.05) is 0 Å². The highest BCUT2D eigenvalue weighted by Gasteiger charge is 2.13. The zero-order valence-corrected chi connectivity index (χ0v) is 6.51. The predicted octanol–water partition coefficient (Wildman–Crippen LogP) is 0.618. The van der Waals surface area contributed by atoms with Crippen LogP contribution in [0, 0.1) is 11.3 Å². The van der Waals surface area contributed by atoms with Crippen LogP contribution in [0.4, 0.5) is 0 Å². The van der Waals surface area contributed by atoms with Crippen LogP contribution in [0.5, 0.6) is 0 Å². The van der Waals surface area contributed by atoms with Gasteiger partial charge in [0.05, 0.1) is 0 Å². The van der Waals surface area contributed by atoms with Crippen molar-refractivity contribution in [2.75, 3.05) is 0 Å². The minimum atomic E-state index is -0.618. The second-order valence-electron chi connectivity index (χ2n) is 2.13. The van der Waals surface area contributed by atoms with Crippen LogP contribution in [0.3, 0.4) is 0 Å². The maximum atomic E-state index is 11.3. The molecule has 0 bridgehead atoms. The maximum Gasteiger partial charge on any atom is 0.227 e. The van der Waals surface area contributed by atoms with Crippen LogP contribution in [0.2, 0.25) is 0 Å². The number of carbonyl (C=O) groups is 1. The number of nitrogens with zero attached hydrogens (tertiary/aromatic N) is 3. The Kier molecular flexibility index (Phi) is 2.71. The summed E-state index contributed by atoms with van der Waals surface area (Å²) in [5.74, 6) is -0.618. The second-order valence-corrected chi connectivity index (χ2v) is 2.13. The lowest BCUT2D eigenvalue weighted by molar-refractivity contribution is 0.106. The molecule has 0 radical (unpaired) electrons. The number of carbonyl (C=O) groups excluding carboxylic acids is 1. The average Bonchev–Trinajstić information content (AvgIpc) is 2.21. The summed E-state index contributed by atoms with van der Waals surface area (Å²) in [6.07, 6.45) is 2.83. The highest BCUT2D eigenvalue weighted by molar-refractivity contribution is 6.51. The van der Waals surface area contributed by atoms with Crippen molar-refractivity contribution in [1.82, 2.24) is 4.98 Å². The molecular formula is C8H5N3O2. The first-order valence-electron chi connectivity index (χ1n) is 3.36. The fraction of sp³-hybridized carbons (Fsp3) is 0. The van der Waals surface area contributed by atoms with Crippen LogP contribution in [0.1, 0.15) is 10.4 Å². The Morgan fingerprint density at radius 1 is 1.54 bits per heavy atom. The maximum absolute atomic E-state index is 11.3. The van der Waals surface area contributed by atoms with Gasteiger partial charge in [0.25, 0.3) is 0 Å².